The molecular formula is C17H26FN3O3S. The largest absolute Gasteiger partial charge is 0.352 e. The molecule has 6 nitrogen and oxygen atoms in total. The smallest absolute Gasteiger partial charge is 0.243 e. The second kappa shape index (κ2) is 8.25. The molecule has 1 saturated heterocycles. The van der Waals surface area contributed by atoms with Crippen molar-refractivity contribution < 1.29 is 17.6 Å². The van der Waals surface area contributed by atoms with Gasteiger partial charge in [-0.15, -0.1) is 0 Å². The van der Waals surface area contributed by atoms with Crippen LogP contribution in [0.1, 0.15) is 20.8 Å². The molecule has 0 aromatic heterocycles. The quantitative estimate of drug-likeness (QED) is 0.818. The minimum absolute atomic E-state index is 0.0453. The molecule has 0 aliphatic carbocycles. The van der Waals surface area contributed by atoms with Gasteiger partial charge in [0.15, 0.2) is 0 Å². The van der Waals surface area contributed by atoms with Gasteiger partial charge in [0.1, 0.15) is 5.82 Å². The van der Waals surface area contributed by atoms with Crippen molar-refractivity contribution in [3.05, 3.63) is 30.1 Å². The predicted octanol–water partition coefficient (Wildman–Crippen LogP) is 1.29. The van der Waals surface area contributed by atoms with E-state index in [1.807, 2.05) is 25.7 Å². The van der Waals surface area contributed by atoms with Gasteiger partial charge in [-0.25, -0.2) is 12.8 Å². The van der Waals surface area contributed by atoms with E-state index in [9.17, 15) is 17.6 Å². The van der Waals surface area contributed by atoms with Crippen LogP contribution in [0.4, 0.5) is 4.39 Å². The van der Waals surface area contributed by atoms with Crippen LogP contribution >= 0.6 is 0 Å². The van der Waals surface area contributed by atoms with E-state index in [4.69, 9.17) is 0 Å². The fourth-order valence-electron chi connectivity index (χ4n) is 2.55. The summed E-state index contributed by atoms with van der Waals surface area (Å²) in [5, 5.41) is 2.95. The van der Waals surface area contributed by atoms with E-state index < -0.39 is 15.8 Å². The average molecular weight is 371 g/mol. The summed E-state index contributed by atoms with van der Waals surface area (Å²) in [5.41, 5.74) is 0. The summed E-state index contributed by atoms with van der Waals surface area (Å²) in [7, 11) is -3.62. The molecule has 25 heavy (non-hydrogen) atoms. The van der Waals surface area contributed by atoms with Crippen LogP contribution in [0.5, 0.6) is 0 Å². The fourth-order valence-corrected chi connectivity index (χ4v) is 3.98. The van der Waals surface area contributed by atoms with Crippen LogP contribution in [0.15, 0.2) is 29.2 Å². The highest BCUT2D eigenvalue weighted by atomic mass is 32.2. The lowest BCUT2D eigenvalue weighted by atomic mass is 10.1. The first-order valence-corrected chi connectivity index (χ1v) is 9.91. The van der Waals surface area contributed by atoms with Crippen molar-refractivity contribution in [3.63, 3.8) is 0 Å². The molecule has 1 amide bonds. The van der Waals surface area contributed by atoms with Gasteiger partial charge in [0.25, 0.3) is 0 Å². The molecular weight excluding hydrogens is 345 g/mol. The molecule has 1 aromatic rings. The number of benzene rings is 1. The number of piperazine rings is 1. The standard InChI is InChI=1S/C17H26FN3O3S/c1-13(2)14(3)19-17(22)12-20-8-10-21(11-9-20)25(23,24)16-6-4-15(18)5-7-16/h4-7,13-14H,8-12H2,1-3H3,(H,19,22)/t14-/m1/s1. The molecule has 1 N–H and O–H groups in total. The van der Waals surface area contributed by atoms with Crippen molar-refractivity contribution in [3.8, 4) is 0 Å². The van der Waals surface area contributed by atoms with Gasteiger partial charge >= 0.3 is 0 Å². The number of hydrogen-bond donors (Lipinski definition) is 1. The summed E-state index contributed by atoms with van der Waals surface area (Å²) in [6.07, 6.45) is 0. The molecule has 2 rings (SSSR count). The molecule has 1 aliphatic heterocycles. The summed E-state index contributed by atoms with van der Waals surface area (Å²) < 4.78 is 39.5. The van der Waals surface area contributed by atoms with Gasteiger partial charge in [-0.3, -0.25) is 9.69 Å². The van der Waals surface area contributed by atoms with Gasteiger partial charge in [0.05, 0.1) is 11.4 Å². The van der Waals surface area contributed by atoms with E-state index in [0.717, 1.165) is 12.1 Å². The first-order chi connectivity index (χ1) is 11.7. The number of carbonyl (C=O) groups is 1. The van der Waals surface area contributed by atoms with Gasteiger partial charge < -0.3 is 5.32 Å². The number of hydrogen-bond acceptors (Lipinski definition) is 4. The molecule has 1 aliphatic rings. The maximum atomic E-state index is 13.0. The Labute approximate surface area is 149 Å². The van der Waals surface area contributed by atoms with Crippen LogP contribution in [0.3, 0.4) is 0 Å². The Hall–Kier alpha value is -1.51. The van der Waals surface area contributed by atoms with Crippen LogP contribution in [-0.2, 0) is 14.8 Å². The number of halogens is 1. The molecule has 1 fully saturated rings. The molecule has 0 radical (unpaired) electrons. The Morgan fingerprint density at radius 2 is 1.68 bits per heavy atom. The maximum absolute atomic E-state index is 13.0. The van der Waals surface area contributed by atoms with Crippen molar-refractivity contribution in [1.29, 1.82) is 0 Å². The molecule has 8 heteroatoms. The molecule has 0 bridgehead atoms. The van der Waals surface area contributed by atoms with Gasteiger partial charge in [-0.1, -0.05) is 13.8 Å². The molecule has 0 saturated carbocycles. The highest BCUT2D eigenvalue weighted by Gasteiger charge is 2.29. The lowest BCUT2D eigenvalue weighted by Gasteiger charge is -2.33. The molecule has 0 spiro atoms. The zero-order valence-electron chi connectivity index (χ0n) is 14.9. The third-order valence-electron chi connectivity index (χ3n) is 4.54. The third-order valence-corrected chi connectivity index (χ3v) is 6.45. The number of rotatable bonds is 6. The van der Waals surface area contributed by atoms with E-state index in [1.165, 1.54) is 16.4 Å². The lowest BCUT2D eigenvalue weighted by molar-refractivity contribution is -0.123. The van der Waals surface area contributed by atoms with Crippen LogP contribution in [0.25, 0.3) is 0 Å². The van der Waals surface area contributed by atoms with Crippen molar-refractivity contribution in [2.24, 2.45) is 5.92 Å². The summed E-state index contributed by atoms with van der Waals surface area (Å²) >= 11 is 0. The Bertz CT molecular complexity index is 684. The molecule has 1 aromatic carbocycles. The van der Waals surface area contributed by atoms with E-state index in [2.05, 4.69) is 5.32 Å². The zero-order valence-corrected chi connectivity index (χ0v) is 15.7. The van der Waals surface area contributed by atoms with Gasteiger partial charge in [-0.2, -0.15) is 4.31 Å². The highest BCUT2D eigenvalue weighted by molar-refractivity contribution is 7.89. The molecule has 1 atom stereocenters. The number of sulfonamides is 1. The van der Waals surface area contributed by atoms with Crippen molar-refractivity contribution >= 4 is 15.9 Å². The first-order valence-electron chi connectivity index (χ1n) is 8.47. The Balaban J connectivity index is 1.89. The Morgan fingerprint density at radius 1 is 1.12 bits per heavy atom. The van der Waals surface area contributed by atoms with E-state index in [1.54, 1.807) is 0 Å². The minimum atomic E-state index is -3.62. The summed E-state index contributed by atoms with van der Waals surface area (Å²) in [6, 6.07) is 4.94. The molecule has 140 valence electrons. The summed E-state index contributed by atoms with van der Waals surface area (Å²) in [6.45, 7) is 7.93. The van der Waals surface area contributed by atoms with Crippen molar-refractivity contribution in [1.82, 2.24) is 14.5 Å². The normalized spacial score (nSPS) is 18.3. The minimum Gasteiger partial charge on any atom is -0.352 e. The van der Waals surface area contributed by atoms with E-state index >= 15 is 0 Å². The fraction of sp³-hybridized carbons (Fsp3) is 0.588. The summed E-state index contributed by atoms with van der Waals surface area (Å²) in [4.78, 5) is 14.1. The second-order valence-electron chi connectivity index (χ2n) is 6.73. The van der Waals surface area contributed by atoms with Gasteiger partial charge in [0.2, 0.25) is 15.9 Å². The Kier molecular flexibility index (Phi) is 6.53. The van der Waals surface area contributed by atoms with E-state index in [0.29, 0.717) is 32.1 Å². The van der Waals surface area contributed by atoms with Gasteiger partial charge in [-0.05, 0) is 37.1 Å². The lowest BCUT2D eigenvalue weighted by Crippen LogP contribution is -2.51. The van der Waals surface area contributed by atoms with E-state index in [-0.39, 0.29) is 23.4 Å². The first kappa shape index (κ1) is 19.8. The number of nitrogens with zero attached hydrogens (tertiary/aromatic N) is 2. The van der Waals surface area contributed by atoms with Crippen molar-refractivity contribution in [2.45, 2.75) is 31.7 Å². The topological polar surface area (TPSA) is 69.7 Å². The van der Waals surface area contributed by atoms with Crippen LogP contribution in [0, 0.1) is 11.7 Å². The Morgan fingerprint density at radius 3 is 2.20 bits per heavy atom. The van der Waals surface area contributed by atoms with Crippen LogP contribution in [0.2, 0.25) is 0 Å². The maximum Gasteiger partial charge on any atom is 0.243 e. The predicted molar refractivity (Wildman–Crippen MR) is 94.0 cm³/mol. The SMILES string of the molecule is CC(C)[C@@H](C)NC(=O)CN1CCN(S(=O)(=O)c2ccc(F)cc2)CC1. The van der Waals surface area contributed by atoms with Crippen LogP contribution < -0.4 is 5.32 Å². The van der Waals surface area contributed by atoms with Crippen molar-refractivity contribution in [2.75, 3.05) is 32.7 Å². The molecule has 0 unspecified atom stereocenters. The zero-order chi connectivity index (χ0) is 18.6. The van der Waals surface area contributed by atoms with Gasteiger partial charge in [0, 0.05) is 32.2 Å². The number of nitrogens with one attached hydrogen (secondary N) is 1. The molecule has 1 heterocycles. The number of amides is 1. The summed E-state index contributed by atoms with van der Waals surface area (Å²) in [5.74, 6) is -0.150. The van der Waals surface area contributed by atoms with Crippen LogP contribution in [-0.4, -0.2) is 62.3 Å². The number of carbonyl (C=O) groups excluding carboxylic acids is 1. The third kappa shape index (κ3) is 5.23. The average Bonchev–Trinajstić information content (AvgIpc) is 2.55. The highest BCUT2D eigenvalue weighted by Crippen LogP contribution is 2.18. The second-order valence-corrected chi connectivity index (χ2v) is 8.67. The monoisotopic (exact) mass is 371 g/mol.